The first-order chi connectivity index (χ1) is 8.15. The average Bonchev–Trinajstić information content (AvgIpc) is 2.96. The van der Waals surface area contributed by atoms with E-state index in [0.717, 1.165) is 31.1 Å². The van der Waals surface area contributed by atoms with Crippen molar-refractivity contribution in [2.75, 3.05) is 20.3 Å². The number of hydrogen-bond donors (Lipinski definition) is 1. The third-order valence-corrected chi connectivity index (χ3v) is 3.30. The van der Waals surface area contributed by atoms with Gasteiger partial charge in [0, 0.05) is 18.6 Å². The molecule has 17 heavy (non-hydrogen) atoms. The Balaban J connectivity index is 2.30. The summed E-state index contributed by atoms with van der Waals surface area (Å²) in [6, 6.07) is 0.208. The van der Waals surface area contributed by atoms with Gasteiger partial charge >= 0.3 is 0 Å². The smallest absolute Gasteiger partial charge is 0.161 e. The van der Waals surface area contributed by atoms with E-state index in [4.69, 9.17) is 15.2 Å². The lowest BCUT2D eigenvalue weighted by Gasteiger charge is -2.21. The lowest BCUT2D eigenvalue weighted by atomic mass is 9.96. The summed E-state index contributed by atoms with van der Waals surface area (Å²) in [4.78, 5) is 0. The Bertz CT molecular complexity index is 370. The maximum Gasteiger partial charge on any atom is 0.161 e. The molecule has 96 valence electrons. The summed E-state index contributed by atoms with van der Waals surface area (Å²) < 4.78 is 12.7. The molecule has 0 radical (unpaired) electrons. The molecule has 2 heterocycles. The Morgan fingerprint density at radius 3 is 2.88 bits per heavy atom. The van der Waals surface area contributed by atoms with Gasteiger partial charge in [0.1, 0.15) is 0 Å². The van der Waals surface area contributed by atoms with Crippen LogP contribution in [0, 0.1) is 5.92 Å². The minimum absolute atomic E-state index is 0.0719. The molecule has 5 nitrogen and oxygen atoms in total. The highest BCUT2D eigenvalue weighted by atomic mass is 16.5. The molecule has 2 rings (SSSR count). The molecule has 1 aliphatic heterocycles. The van der Waals surface area contributed by atoms with E-state index in [1.807, 2.05) is 4.68 Å². The maximum absolute atomic E-state index is 6.34. The van der Waals surface area contributed by atoms with E-state index in [2.05, 4.69) is 18.9 Å². The minimum Gasteiger partial charge on any atom is -0.493 e. The molecule has 0 spiro atoms. The standard InChI is InChI=1S/C12H21N3O2/c1-8(2)15-12(10(16-3)6-14-15)11(13)9-4-5-17-7-9/h6,8-9,11H,4-5,7,13H2,1-3H3. The summed E-state index contributed by atoms with van der Waals surface area (Å²) in [6.45, 7) is 5.71. The van der Waals surface area contributed by atoms with Crippen LogP contribution < -0.4 is 10.5 Å². The molecule has 0 bridgehead atoms. The van der Waals surface area contributed by atoms with Crippen molar-refractivity contribution in [3.8, 4) is 5.75 Å². The van der Waals surface area contributed by atoms with Crippen molar-refractivity contribution >= 4 is 0 Å². The van der Waals surface area contributed by atoms with Crippen LogP contribution in [0.25, 0.3) is 0 Å². The predicted molar refractivity (Wildman–Crippen MR) is 65.0 cm³/mol. The van der Waals surface area contributed by atoms with Crippen LogP contribution >= 0.6 is 0 Å². The number of aromatic nitrogens is 2. The molecule has 1 saturated heterocycles. The Kier molecular flexibility index (Phi) is 3.69. The number of nitrogens with two attached hydrogens (primary N) is 1. The van der Waals surface area contributed by atoms with Crippen molar-refractivity contribution in [3.63, 3.8) is 0 Å². The van der Waals surface area contributed by atoms with Gasteiger partial charge in [0.05, 0.1) is 31.6 Å². The van der Waals surface area contributed by atoms with Crippen LogP contribution in [0.15, 0.2) is 6.20 Å². The molecule has 5 heteroatoms. The molecule has 0 aliphatic carbocycles. The molecule has 0 amide bonds. The van der Waals surface area contributed by atoms with Crippen LogP contribution in [0.1, 0.15) is 38.0 Å². The second-order valence-electron chi connectivity index (χ2n) is 4.79. The third-order valence-electron chi connectivity index (χ3n) is 3.30. The van der Waals surface area contributed by atoms with E-state index >= 15 is 0 Å². The largest absolute Gasteiger partial charge is 0.493 e. The molecule has 1 aromatic rings. The average molecular weight is 239 g/mol. The van der Waals surface area contributed by atoms with Gasteiger partial charge in [0.2, 0.25) is 0 Å². The van der Waals surface area contributed by atoms with Crippen LogP contribution in [0.4, 0.5) is 0 Å². The van der Waals surface area contributed by atoms with Gasteiger partial charge in [-0.25, -0.2) is 0 Å². The number of rotatable bonds is 4. The zero-order valence-electron chi connectivity index (χ0n) is 10.7. The number of methoxy groups -OCH3 is 1. The molecule has 1 aliphatic rings. The first-order valence-electron chi connectivity index (χ1n) is 6.09. The summed E-state index contributed by atoms with van der Waals surface area (Å²) in [5.74, 6) is 1.14. The summed E-state index contributed by atoms with van der Waals surface area (Å²) >= 11 is 0. The zero-order valence-corrected chi connectivity index (χ0v) is 10.7. The van der Waals surface area contributed by atoms with E-state index in [0.29, 0.717) is 5.92 Å². The van der Waals surface area contributed by atoms with Crippen molar-refractivity contribution in [2.45, 2.75) is 32.4 Å². The highest BCUT2D eigenvalue weighted by Gasteiger charge is 2.29. The van der Waals surface area contributed by atoms with Gasteiger partial charge in [-0.15, -0.1) is 0 Å². The normalized spacial score (nSPS) is 22.1. The van der Waals surface area contributed by atoms with Crippen LogP contribution in [0.3, 0.4) is 0 Å². The van der Waals surface area contributed by atoms with E-state index in [9.17, 15) is 0 Å². The Morgan fingerprint density at radius 1 is 1.59 bits per heavy atom. The zero-order chi connectivity index (χ0) is 12.4. The quantitative estimate of drug-likeness (QED) is 0.865. The summed E-state index contributed by atoms with van der Waals surface area (Å²) in [6.07, 6.45) is 2.75. The number of nitrogens with zero attached hydrogens (tertiary/aromatic N) is 2. The fourth-order valence-electron chi connectivity index (χ4n) is 2.30. The van der Waals surface area contributed by atoms with Crippen LogP contribution in [0.2, 0.25) is 0 Å². The van der Waals surface area contributed by atoms with E-state index in [1.54, 1.807) is 13.3 Å². The molecule has 2 unspecified atom stereocenters. The van der Waals surface area contributed by atoms with E-state index < -0.39 is 0 Å². The van der Waals surface area contributed by atoms with Crippen LogP contribution in [0.5, 0.6) is 5.75 Å². The topological polar surface area (TPSA) is 62.3 Å². The molecule has 0 saturated carbocycles. The number of hydrogen-bond acceptors (Lipinski definition) is 4. The van der Waals surface area contributed by atoms with Gasteiger partial charge in [0.25, 0.3) is 0 Å². The van der Waals surface area contributed by atoms with Gasteiger partial charge in [0.15, 0.2) is 5.75 Å². The lowest BCUT2D eigenvalue weighted by Crippen LogP contribution is -2.26. The van der Waals surface area contributed by atoms with Crippen LogP contribution in [-0.2, 0) is 4.74 Å². The summed E-state index contributed by atoms with van der Waals surface area (Å²) in [7, 11) is 1.66. The SMILES string of the molecule is COc1cnn(C(C)C)c1C(N)C1CCOC1. The first kappa shape index (κ1) is 12.4. The van der Waals surface area contributed by atoms with Gasteiger partial charge in [-0.2, -0.15) is 5.10 Å². The number of ether oxygens (including phenoxy) is 2. The molecule has 0 aromatic carbocycles. The molecule has 2 atom stereocenters. The second kappa shape index (κ2) is 5.06. The van der Waals surface area contributed by atoms with Crippen molar-refractivity contribution in [3.05, 3.63) is 11.9 Å². The fraction of sp³-hybridized carbons (Fsp3) is 0.750. The molecule has 2 N–H and O–H groups in total. The van der Waals surface area contributed by atoms with Crippen LogP contribution in [-0.4, -0.2) is 30.1 Å². The highest BCUT2D eigenvalue weighted by Crippen LogP contribution is 2.33. The van der Waals surface area contributed by atoms with Gasteiger partial charge in [-0.05, 0) is 20.3 Å². The molecular weight excluding hydrogens is 218 g/mol. The van der Waals surface area contributed by atoms with E-state index in [-0.39, 0.29) is 12.1 Å². The van der Waals surface area contributed by atoms with Crippen molar-refractivity contribution in [2.24, 2.45) is 11.7 Å². The monoisotopic (exact) mass is 239 g/mol. The summed E-state index contributed by atoms with van der Waals surface area (Å²) in [5.41, 5.74) is 7.32. The fourth-order valence-corrected chi connectivity index (χ4v) is 2.30. The molecule has 1 aromatic heterocycles. The lowest BCUT2D eigenvalue weighted by molar-refractivity contribution is 0.179. The summed E-state index contributed by atoms with van der Waals surface area (Å²) in [5, 5.41) is 4.35. The van der Waals surface area contributed by atoms with Gasteiger partial charge < -0.3 is 15.2 Å². The maximum atomic E-state index is 6.34. The molecule has 1 fully saturated rings. The Labute approximate surface area is 102 Å². The van der Waals surface area contributed by atoms with Crippen molar-refractivity contribution in [1.29, 1.82) is 0 Å². The Morgan fingerprint density at radius 2 is 2.35 bits per heavy atom. The molecular formula is C12H21N3O2. The highest BCUT2D eigenvalue weighted by molar-refractivity contribution is 5.29. The Hall–Kier alpha value is -1.07. The van der Waals surface area contributed by atoms with E-state index in [1.165, 1.54) is 0 Å². The third kappa shape index (κ3) is 2.30. The minimum atomic E-state index is -0.0719. The second-order valence-corrected chi connectivity index (χ2v) is 4.79. The predicted octanol–water partition coefficient (Wildman–Crippen LogP) is 1.51. The van der Waals surface area contributed by atoms with Gasteiger partial charge in [-0.1, -0.05) is 0 Å². The van der Waals surface area contributed by atoms with Crippen molar-refractivity contribution in [1.82, 2.24) is 9.78 Å². The first-order valence-corrected chi connectivity index (χ1v) is 6.09. The van der Waals surface area contributed by atoms with Crippen molar-refractivity contribution < 1.29 is 9.47 Å². The van der Waals surface area contributed by atoms with Gasteiger partial charge in [-0.3, -0.25) is 4.68 Å².